The maximum Gasteiger partial charge on any atom is 0.119 e. The molecule has 1 aromatic rings. The lowest BCUT2D eigenvalue weighted by Crippen LogP contribution is -2.42. The van der Waals surface area contributed by atoms with Gasteiger partial charge in [0.1, 0.15) is 5.75 Å². The second-order valence-corrected chi connectivity index (χ2v) is 5.42. The topological polar surface area (TPSA) is 38.5 Å². The number of nitrogens with zero attached hydrogens (tertiary/aromatic N) is 1. The number of benzene rings is 1. The third-order valence-corrected chi connectivity index (χ3v) is 4.10. The zero-order chi connectivity index (χ0) is 13.7. The molecule has 1 aromatic carbocycles. The summed E-state index contributed by atoms with van der Waals surface area (Å²) in [5.41, 5.74) is 7.26. The largest absolute Gasteiger partial charge is 0.494 e. The van der Waals surface area contributed by atoms with Crippen molar-refractivity contribution in [1.82, 2.24) is 4.90 Å². The summed E-state index contributed by atoms with van der Waals surface area (Å²) < 4.78 is 5.62. The van der Waals surface area contributed by atoms with Gasteiger partial charge in [-0.05, 0) is 44.0 Å². The molecular formula is C16H26N2O. The number of hydrogen-bond donors (Lipinski definition) is 1. The minimum Gasteiger partial charge on any atom is -0.494 e. The molecule has 1 aliphatic rings. The summed E-state index contributed by atoms with van der Waals surface area (Å²) in [4.78, 5) is 2.44. The van der Waals surface area contributed by atoms with Crippen LogP contribution in [0.15, 0.2) is 24.3 Å². The number of rotatable bonds is 7. The Labute approximate surface area is 116 Å². The van der Waals surface area contributed by atoms with Gasteiger partial charge in [0.25, 0.3) is 0 Å². The Hall–Kier alpha value is -1.06. The van der Waals surface area contributed by atoms with E-state index in [1.54, 1.807) is 0 Å². The number of likely N-dealkylation sites (N-methyl/N-ethyl adjacent to an activating group) is 1. The minimum atomic E-state index is 0.325. The van der Waals surface area contributed by atoms with E-state index in [0.717, 1.165) is 18.8 Å². The summed E-state index contributed by atoms with van der Waals surface area (Å²) in [5.74, 6) is 0.952. The van der Waals surface area contributed by atoms with Gasteiger partial charge in [-0.3, -0.25) is 4.90 Å². The molecule has 2 N–H and O–H groups in total. The Bertz CT molecular complexity index is 373. The molecule has 0 heterocycles. The number of ether oxygens (including phenoxy) is 1. The van der Waals surface area contributed by atoms with Crippen molar-refractivity contribution in [3.63, 3.8) is 0 Å². The van der Waals surface area contributed by atoms with Crippen molar-refractivity contribution in [2.24, 2.45) is 5.73 Å². The third-order valence-electron chi connectivity index (χ3n) is 4.10. The summed E-state index contributed by atoms with van der Waals surface area (Å²) in [5, 5.41) is 0. The quantitative estimate of drug-likeness (QED) is 0.821. The first-order valence-corrected chi connectivity index (χ1v) is 7.41. The Morgan fingerprint density at radius 2 is 2.00 bits per heavy atom. The molecule has 1 atom stereocenters. The standard InChI is InChI=1S/C16H26N2O/c1-3-11-19-15-9-7-13(8-10-15)16(12-17)18(2)14-5-4-6-14/h7-10,14,16H,3-6,11-12,17H2,1-2H3. The molecule has 0 saturated heterocycles. The normalized spacial score (nSPS) is 17.3. The van der Waals surface area contributed by atoms with E-state index in [2.05, 4.69) is 43.1 Å². The van der Waals surface area contributed by atoms with Gasteiger partial charge in [0, 0.05) is 18.6 Å². The summed E-state index contributed by atoms with van der Waals surface area (Å²) >= 11 is 0. The van der Waals surface area contributed by atoms with Crippen LogP contribution in [0.1, 0.15) is 44.2 Å². The van der Waals surface area contributed by atoms with Crippen molar-refractivity contribution in [2.75, 3.05) is 20.2 Å². The fraction of sp³-hybridized carbons (Fsp3) is 0.625. The van der Waals surface area contributed by atoms with Crippen LogP contribution in [0.3, 0.4) is 0 Å². The fourth-order valence-corrected chi connectivity index (χ4v) is 2.59. The molecule has 0 amide bonds. The molecule has 1 aliphatic carbocycles. The van der Waals surface area contributed by atoms with Crippen LogP contribution in [0.25, 0.3) is 0 Å². The van der Waals surface area contributed by atoms with Crippen LogP contribution in [0.2, 0.25) is 0 Å². The zero-order valence-electron chi connectivity index (χ0n) is 12.1. The molecule has 0 spiro atoms. The van der Waals surface area contributed by atoms with Crippen LogP contribution in [0, 0.1) is 0 Å². The van der Waals surface area contributed by atoms with Crippen molar-refractivity contribution in [3.8, 4) is 5.75 Å². The molecule has 0 aromatic heterocycles. The van der Waals surface area contributed by atoms with Crippen LogP contribution in [0.4, 0.5) is 0 Å². The van der Waals surface area contributed by atoms with E-state index in [1.807, 2.05) is 0 Å². The van der Waals surface area contributed by atoms with E-state index in [1.165, 1.54) is 24.8 Å². The minimum absolute atomic E-state index is 0.325. The zero-order valence-corrected chi connectivity index (χ0v) is 12.1. The molecule has 2 rings (SSSR count). The van der Waals surface area contributed by atoms with Gasteiger partial charge in [-0.2, -0.15) is 0 Å². The van der Waals surface area contributed by atoms with Crippen molar-refractivity contribution in [2.45, 2.75) is 44.7 Å². The molecule has 3 heteroatoms. The van der Waals surface area contributed by atoms with Gasteiger partial charge in [0.2, 0.25) is 0 Å². The molecule has 1 unspecified atom stereocenters. The number of hydrogen-bond acceptors (Lipinski definition) is 3. The van der Waals surface area contributed by atoms with E-state index in [-0.39, 0.29) is 0 Å². The van der Waals surface area contributed by atoms with Gasteiger partial charge >= 0.3 is 0 Å². The van der Waals surface area contributed by atoms with Crippen molar-refractivity contribution >= 4 is 0 Å². The molecule has 3 nitrogen and oxygen atoms in total. The van der Waals surface area contributed by atoms with Gasteiger partial charge in [-0.15, -0.1) is 0 Å². The van der Waals surface area contributed by atoms with E-state index in [4.69, 9.17) is 10.5 Å². The molecule has 1 saturated carbocycles. The molecule has 106 valence electrons. The lowest BCUT2D eigenvalue weighted by molar-refractivity contribution is 0.113. The van der Waals surface area contributed by atoms with E-state index in [9.17, 15) is 0 Å². The maximum atomic E-state index is 5.97. The summed E-state index contributed by atoms with van der Waals surface area (Å²) in [7, 11) is 2.20. The smallest absolute Gasteiger partial charge is 0.119 e. The van der Waals surface area contributed by atoms with Crippen LogP contribution in [-0.2, 0) is 0 Å². The van der Waals surface area contributed by atoms with Gasteiger partial charge < -0.3 is 10.5 Å². The predicted molar refractivity (Wildman–Crippen MR) is 79.4 cm³/mol. The third kappa shape index (κ3) is 3.48. The van der Waals surface area contributed by atoms with Crippen molar-refractivity contribution in [3.05, 3.63) is 29.8 Å². The van der Waals surface area contributed by atoms with Crippen LogP contribution in [-0.4, -0.2) is 31.1 Å². The summed E-state index contributed by atoms with van der Waals surface area (Å²) in [6.45, 7) is 3.57. The monoisotopic (exact) mass is 262 g/mol. The van der Waals surface area contributed by atoms with E-state index in [0.29, 0.717) is 18.6 Å². The average Bonchev–Trinajstić information content (AvgIpc) is 2.36. The van der Waals surface area contributed by atoms with E-state index >= 15 is 0 Å². The van der Waals surface area contributed by atoms with Gasteiger partial charge in [-0.25, -0.2) is 0 Å². The van der Waals surface area contributed by atoms with Crippen LogP contribution in [0.5, 0.6) is 5.75 Å². The highest BCUT2D eigenvalue weighted by atomic mass is 16.5. The summed E-state index contributed by atoms with van der Waals surface area (Å²) in [6, 6.07) is 9.45. The lowest BCUT2D eigenvalue weighted by Gasteiger charge is -2.39. The van der Waals surface area contributed by atoms with E-state index < -0.39 is 0 Å². The first-order chi connectivity index (χ1) is 9.26. The SMILES string of the molecule is CCCOc1ccc(C(CN)N(C)C2CCC2)cc1. The Kier molecular flexibility index (Phi) is 5.23. The molecule has 0 aliphatic heterocycles. The molecule has 0 radical (unpaired) electrons. The second-order valence-electron chi connectivity index (χ2n) is 5.42. The molecule has 1 fully saturated rings. The van der Waals surface area contributed by atoms with Gasteiger partial charge in [-0.1, -0.05) is 25.5 Å². The second kappa shape index (κ2) is 6.92. The highest BCUT2D eigenvalue weighted by Gasteiger charge is 2.27. The van der Waals surface area contributed by atoms with Gasteiger partial charge in [0.15, 0.2) is 0 Å². The van der Waals surface area contributed by atoms with Gasteiger partial charge in [0.05, 0.1) is 6.61 Å². The van der Waals surface area contributed by atoms with Crippen LogP contribution < -0.4 is 10.5 Å². The molecule has 19 heavy (non-hydrogen) atoms. The van der Waals surface area contributed by atoms with Crippen molar-refractivity contribution in [1.29, 1.82) is 0 Å². The van der Waals surface area contributed by atoms with Crippen molar-refractivity contribution < 1.29 is 4.74 Å². The Morgan fingerprint density at radius 3 is 2.47 bits per heavy atom. The highest BCUT2D eigenvalue weighted by Crippen LogP contribution is 2.31. The van der Waals surface area contributed by atoms with Crippen LogP contribution >= 0.6 is 0 Å². The summed E-state index contributed by atoms with van der Waals surface area (Å²) in [6.07, 6.45) is 5.02. The average molecular weight is 262 g/mol. The predicted octanol–water partition coefficient (Wildman–Crippen LogP) is 2.96. The first kappa shape index (κ1) is 14.4. The lowest BCUT2D eigenvalue weighted by atomic mass is 9.89. The first-order valence-electron chi connectivity index (χ1n) is 7.41. The maximum absolute atomic E-state index is 5.97. The fourth-order valence-electron chi connectivity index (χ4n) is 2.59. The molecular weight excluding hydrogens is 236 g/mol. The Morgan fingerprint density at radius 1 is 1.32 bits per heavy atom. The highest BCUT2D eigenvalue weighted by molar-refractivity contribution is 5.29. The molecule has 0 bridgehead atoms. The Balaban J connectivity index is 2.01. The number of nitrogens with two attached hydrogens (primary N) is 1.